The van der Waals surface area contributed by atoms with E-state index < -0.39 is 0 Å². The number of amides is 1. The first-order valence-electron chi connectivity index (χ1n) is 8.55. The maximum atomic E-state index is 12.1. The third-order valence-corrected chi connectivity index (χ3v) is 4.44. The fraction of sp³-hybridized carbons (Fsp3) is 0.421. The third-order valence-electron chi connectivity index (χ3n) is 4.44. The number of benzene rings is 1. The van der Waals surface area contributed by atoms with Crippen molar-refractivity contribution in [3.63, 3.8) is 0 Å². The van der Waals surface area contributed by atoms with Gasteiger partial charge in [0, 0.05) is 31.2 Å². The number of carbonyl (C=O) groups is 1. The lowest BCUT2D eigenvalue weighted by Crippen LogP contribution is -2.55. The molecule has 0 bridgehead atoms. The summed E-state index contributed by atoms with van der Waals surface area (Å²) in [7, 11) is 0. The summed E-state index contributed by atoms with van der Waals surface area (Å²) in [5, 5.41) is 2.97. The number of rotatable bonds is 5. The molecule has 1 aliphatic rings. The molecule has 25 heavy (non-hydrogen) atoms. The first-order valence-corrected chi connectivity index (χ1v) is 8.55. The van der Waals surface area contributed by atoms with Crippen molar-refractivity contribution in [1.29, 1.82) is 0 Å². The Hall–Kier alpha value is -2.31. The van der Waals surface area contributed by atoms with Crippen LogP contribution in [0.1, 0.15) is 19.5 Å². The molecule has 1 N–H and O–H groups in total. The Kier molecular flexibility index (Phi) is 5.40. The highest BCUT2D eigenvalue weighted by Gasteiger charge is 2.28. The minimum Gasteiger partial charge on any atom is -0.379 e. The van der Waals surface area contributed by atoms with Gasteiger partial charge in [-0.25, -0.2) is 4.98 Å². The Balaban J connectivity index is 1.56. The smallest absolute Gasteiger partial charge is 0.244 e. The van der Waals surface area contributed by atoms with E-state index in [0.29, 0.717) is 12.2 Å². The second-order valence-electron chi connectivity index (χ2n) is 6.75. The van der Waals surface area contributed by atoms with E-state index >= 15 is 0 Å². The van der Waals surface area contributed by atoms with Gasteiger partial charge >= 0.3 is 0 Å². The van der Waals surface area contributed by atoms with E-state index in [9.17, 15) is 4.79 Å². The number of aromatic nitrogens is 2. The summed E-state index contributed by atoms with van der Waals surface area (Å²) in [6.07, 6.45) is 4.87. The van der Waals surface area contributed by atoms with Gasteiger partial charge in [-0.2, -0.15) is 0 Å². The molecule has 0 spiro atoms. The van der Waals surface area contributed by atoms with Crippen LogP contribution in [0.2, 0.25) is 0 Å². The average Bonchev–Trinajstić information content (AvgIpc) is 2.65. The highest BCUT2D eigenvalue weighted by molar-refractivity contribution is 5.91. The number of morpholine rings is 1. The molecule has 2 aromatic rings. The van der Waals surface area contributed by atoms with E-state index in [1.807, 2.05) is 24.3 Å². The molecule has 0 radical (unpaired) electrons. The number of fused-ring (bicyclic) bond motifs is 1. The molecular weight excluding hydrogens is 316 g/mol. The lowest BCUT2D eigenvalue weighted by atomic mass is 10.0. The zero-order chi connectivity index (χ0) is 17.7. The largest absolute Gasteiger partial charge is 0.379 e. The molecule has 1 aliphatic heterocycles. The van der Waals surface area contributed by atoms with E-state index in [1.165, 1.54) is 6.08 Å². The van der Waals surface area contributed by atoms with Crippen LogP contribution in [0.5, 0.6) is 0 Å². The summed E-state index contributed by atoms with van der Waals surface area (Å²) < 4.78 is 5.39. The summed E-state index contributed by atoms with van der Waals surface area (Å²) in [5.74, 6) is -0.128. The first-order chi connectivity index (χ1) is 12.0. The Bertz CT molecular complexity index is 767. The van der Waals surface area contributed by atoms with Crippen molar-refractivity contribution in [2.75, 3.05) is 32.8 Å². The molecule has 3 rings (SSSR count). The Morgan fingerprint density at radius 1 is 1.28 bits per heavy atom. The van der Waals surface area contributed by atoms with Crippen LogP contribution in [-0.2, 0) is 9.53 Å². The number of nitrogens with zero attached hydrogens (tertiary/aromatic N) is 3. The van der Waals surface area contributed by atoms with Crippen LogP contribution in [0.4, 0.5) is 0 Å². The molecule has 1 amide bonds. The minimum absolute atomic E-state index is 0.101. The standard InChI is InChI=1S/C19H24N4O2/c1-19(2,23-9-11-25-12-10-23)14-21-18(24)8-7-15-13-20-16-5-3-4-6-17(16)22-15/h3-8,13H,9-12,14H2,1-2H3,(H,21,24)/b8-7+. The van der Waals surface area contributed by atoms with Gasteiger partial charge in [-0.15, -0.1) is 0 Å². The zero-order valence-corrected chi connectivity index (χ0v) is 14.7. The van der Waals surface area contributed by atoms with Crippen LogP contribution in [0, 0.1) is 0 Å². The summed E-state index contributed by atoms with van der Waals surface area (Å²) in [6.45, 7) is 8.14. The van der Waals surface area contributed by atoms with Gasteiger partial charge < -0.3 is 10.1 Å². The molecule has 0 saturated carbocycles. The minimum atomic E-state index is -0.128. The fourth-order valence-electron chi connectivity index (χ4n) is 2.86. The highest BCUT2D eigenvalue weighted by Crippen LogP contribution is 2.15. The number of hydrogen-bond donors (Lipinski definition) is 1. The van der Waals surface area contributed by atoms with Crippen LogP contribution in [0.3, 0.4) is 0 Å². The molecule has 1 aromatic carbocycles. The second-order valence-corrected chi connectivity index (χ2v) is 6.75. The van der Waals surface area contributed by atoms with E-state index in [4.69, 9.17) is 4.74 Å². The predicted molar refractivity (Wildman–Crippen MR) is 98.1 cm³/mol. The molecule has 2 heterocycles. The summed E-state index contributed by atoms with van der Waals surface area (Å²) in [5.41, 5.74) is 2.23. The van der Waals surface area contributed by atoms with Crippen LogP contribution in [0.25, 0.3) is 17.1 Å². The van der Waals surface area contributed by atoms with Gasteiger partial charge in [0.2, 0.25) is 5.91 Å². The van der Waals surface area contributed by atoms with Gasteiger partial charge in [0.05, 0.1) is 36.1 Å². The van der Waals surface area contributed by atoms with Crippen LogP contribution in [-0.4, -0.2) is 59.2 Å². The van der Waals surface area contributed by atoms with Gasteiger partial charge in [-0.3, -0.25) is 14.7 Å². The average molecular weight is 340 g/mol. The number of para-hydroxylation sites is 2. The molecule has 1 saturated heterocycles. The van der Waals surface area contributed by atoms with E-state index in [0.717, 1.165) is 37.3 Å². The van der Waals surface area contributed by atoms with E-state index in [2.05, 4.69) is 34.0 Å². The third kappa shape index (κ3) is 4.61. The maximum absolute atomic E-state index is 12.1. The van der Waals surface area contributed by atoms with Crippen molar-refractivity contribution in [2.45, 2.75) is 19.4 Å². The predicted octanol–water partition coefficient (Wildman–Crippen LogP) is 1.87. The van der Waals surface area contributed by atoms with Crippen molar-refractivity contribution in [1.82, 2.24) is 20.2 Å². The molecule has 0 atom stereocenters. The molecule has 132 valence electrons. The van der Waals surface area contributed by atoms with Crippen molar-refractivity contribution in [3.8, 4) is 0 Å². The van der Waals surface area contributed by atoms with E-state index in [-0.39, 0.29) is 11.4 Å². The first kappa shape index (κ1) is 17.5. The van der Waals surface area contributed by atoms with Crippen molar-refractivity contribution < 1.29 is 9.53 Å². The van der Waals surface area contributed by atoms with Crippen LogP contribution in [0.15, 0.2) is 36.5 Å². The Morgan fingerprint density at radius 3 is 2.76 bits per heavy atom. The topological polar surface area (TPSA) is 67.4 Å². The normalized spacial score (nSPS) is 16.4. The number of nitrogens with one attached hydrogen (secondary N) is 1. The lowest BCUT2D eigenvalue weighted by Gasteiger charge is -2.40. The summed E-state index contributed by atoms with van der Waals surface area (Å²) in [4.78, 5) is 23.3. The number of hydrogen-bond acceptors (Lipinski definition) is 5. The SMILES string of the molecule is CC(C)(CNC(=O)/C=C/c1cnc2ccccc2n1)N1CCOCC1. The molecule has 1 fully saturated rings. The van der Waals surface area contributed by atoms with Gasteiger partial charge in [0.25, 0.3) is 0 Å². The Morgan fingerprint density at radius 2 is 2.00 bits per heavy atom. The molecule has 0 aliphatic carbocycles. The number of carbonyl (C=O) groups excluding carboxylic acids is 1. The lowest BCUT2D eigenvalue weighted by molar-refractivity contribution is -0.117. The summed E-state index contributed by atoms with van der Waals surface area (Å²) in [6, 6.07) is 7.67. The molecular formula is C19H24N4O2. The number of ether oxygens (including phenoxy) is 1. The van der Waals surface area contributed by atoms with Crippen LogP contribution >= 0.6 is 0 Å². The van der Waals surface area contributed by atoms with Gasteiger partial charge in [0.1, 0.15) is 0 Å². The Labute approximate surface area is 147 Å². The van der Waals surface area contributed by atoms with Crippen molar-refractivity contribution in [3.05, 3.63) is 42.2 Å². The van der Waals surface area contributed by atoms with Crippen molar-refractivity contribution >= 4 is 23.0 Å². The van der Waals surface area contributed by atoms with Crippen LogP contribution < -0.4 is 5.32 Å². The van der Waals surface area contributed by atoms with Gasteiger partial charge in [-0.05, 0) is 32.1 Å². The maximum Gasteiger partial charge on any atom is 0.244 e. The van der Waals surface area contributed by atoms with E-state index in [1.54, 1.807) is 12.3 Å². The summed E-state index contributed by atoms with van der Waals surface area (Å²) >= 11 is 0. The molecule has 6 heteroatoms. The molecule has 6 nitrogen and oxygen atoms in total. The fourth-order valence-corrected chi connectivity index (χ4v) is 2.86. The zero-order valence-electron chi connectivity index (χ0n) is 14.7. The van der Waals surface area contributed by atoms with Gasteiger partial charge in [-0.1, -0.05) is 12.1 Å². The quantitative estimate of drug-likeness (QED) is 0.842. The molecule has 1 aromatic heterocycles. The van der Waals surface area contributed by atoms with Gasteiger partial charge in [0.15, 0.2) is 0 Å². The monoisotopic (exact) mass is 340 g/mol. The molecule has 0 unspecified atom stereocenters. The van der Waals surface area contributed by atoms with Crippen molar-refractivity contribution in [2.24, 2.45) is 0 Å². The second kappa shape index (κ2) is 7.72. The highest BCUT2D eigenvalue weighted by atomic mass is 16.5.